The molecule has 0 aliphatic carbocycles. The second-order valence-corrected chi connectivity index (χ2v) is 4.81. The lowest BCUT2D eigenvalue weighted by Gasteiger charge is -2.11. The van der Waals surface area contributed by atoms with Gasteiger partial charge in [-0.1, -0.05) is 11.6 Å². The number of rotatable bonds is 7. The predicted octanol–water partition coefficient (Wildman–Crippen LogP) is 3.68. The van der Waals surface area contributed by atoms with Gasteiger partial charge in [-0.2, -0.15) is 0 Å². The molecule has 0 spiro atoms. The lowest BCUT2D eigenvalue weighted by atomic mass is 10.2. The molecule has 0 saturated carbocycles. The van der Waals surface area contributed by atoms with Gasteiger partial charge in [-0.15, -0.1) is 0 Å². The van der Waals surface area contributed by atoms with Gasteiger partial charge in [-0.3, -0.25) is 0 Å². The maximum Gasteiger partial charge on any atom is 0.143 e. The van der Waals surface area contributed by atoms with Crippen molar-refractivity contribution in [3.63, 3.8) is 0 Å². The standard InChI is InChI=1S/C13H20ClFN2O/c1-9(2)18-6-4-3-5-17-13-7-10(14)11(15)8-12(13)16/h7-9,17H,3-6,16H2,1-2H3. The molecule has 0 saturated heterocycles. The molecule has 1 rings (SSSR count). The zero-order valence-corrected chi connectivity index (χ0v) is 11.6. The molecule has 18 heavy (non-hydrogen) atoms. The fraction of sp³-hybridized carbons (Fsp3) is 0.538. The summed E-state index contributed by atoms with van der Waals surface area (Å²) < 4.78 is 18.5. The summed E-state index contributed by atoms with van der Waals surface area (Å²) in [5.74, 6) is -0.495. The largest absolute Gasteiger partial charge is 0.397 e. The van der Waals surface area contributed by atoms with E-state index in [9.17, 15) is 4.39 Å². The van der Waals surface area contributed by atoms with Crippen LogP contribution >= 0.6 is 11.6 Å². The molecular formula is C13H20ClFN2O. The second-order valence-electron chi connectivity index (χ2n) is 4.41. The number of anilines is 2. The van der Waals surface area contributed by atoms with Crippen LogP contribution in [0.25, 0.3) is 0 Å². The summed E-state index contributed by atoms with van der Waals surface area (Å²) in [6.07, 6.45) is 2.20. The number of nitrogen functional groups attached to an aromatic ring is 1. The van der Waals surface area contributed by atoms with E-state index in [0.717, 1.165) is 26.0 Å². The molecule has 0 aromatic heterocycles. The highest BCUT2D eigenvalue weighted by Crippen LogP contribution is 2.26. The van der Waals surface area contributed by atoms with Gasteiger partial charge in [-0.25, -0.2) is 4.39 Å². The maximum atomic E-state index is 13.1. The first-order valence-corrected chi connectivity index (χ1v) is 6.48. The Balaban J connectivity index is 2.29. The smallest absolute Gasteiger partial charge is 0.143 e. The highest BCUT2D eigenvalue weighted by atomic mass is 35.5. The van der Waals surface area contributed by atoms with Gasteiger partial charge < -0.3 is 15.8 Å². The Morgan fingerprint density at radius 2 is 2.11 bits per heavy atom. The maximum absolute atomic E-state index is 13.1. The topological polar surface area (TPSA) is 47.3 Å². The third-order valence-electron chi connectivity index (χ3n) is 2.43. The van der Waals surface area contributed by atoms with Crippen LogP contribution in [0, 0.1) is 5.82 Å². The first-order chi connectivity index (χ1) is 8.50. The molecule has 1 aromatic carbocycles. The Kier molecular flexibility index (Phi) is 6.22. The average Bonchev–Trinajstić information content (AvgIpc) is 2.29. The Morgan fingerprint density at radius 1 is 1.39 bits per heavy atom. The SMILES string of the molecule is CC(C)OCCCCNc1cc(Cl)c(F)cc1N. The van der Waals surface area contributed by atoms with Gasteiger partial charge in [-0.05, 0) is 32.8 Å². The Morgan fingerprint density at radius 3 is 2.78 bits per heavy atom. The van der Waals surface area contributed by atoms with E-state index < -0.39 is 5.82 Å². The molecule has 0 heterocycles. The van der Waals surface area contributed by atoms with Crippen LogP contribution in [-0.4, -0.2) is 19.3 Å². The number of hydrogen-bond donors (Lipinski definition) is 2. The van der Waals surface area contributed by atoms with Gasteiger partial charge in [0.05, 0.1) is 22.5 Å². The minimum Gasteiger partial charge on any atom is -0.397 e. The number of ether oxygens (including phenoxy) is 1. The van der Waals surface area contributed by atoms with Crippen LogP contribution < -0.4 is 11.1 Å². The van der Waals surface area contributed by atoms with E-state index in [1.165, 1.54) is 12.1 Å². The number of nitrogens with one attached hydrogen (secondary N) is 1. The van der Waals surface area contributed by atoms with Crippen molar-refractivity contribution in [3.05, 3.63) is 23.0 Å². The highest BCUT2D eigenvalue weighted by molar-refractivity contribution is 6.31. The summed E-state index contributed by atoms with van der Waals surface area (Å²) >= 11 is 5.69. The lowest BCUT2D eigenvalue weighted by Crippen LogP contribution is -2.08. The summed E-state index contributed by atoms with van der Waals surface area (Å²) in [4.78, 5) is 0. The van der Waals surface area contributed by atoms with Crippen molar-refractivity contribution in [1.29, 1.82) is 0 Å². The van der Waals surface area contributed by atoms with E-state index in [4.69, 9.17) is 22.1 Å². The molecule has 0 unspecified atom stereocenters. The van der Waals surface area contributed by atoms with Gasteiger partial charge >= 0.3 is 0 Å². The van der Waals surface area contributed by atoms with E-state index in [1.54, 1.807) is 0 Å². The summed E-state index contributed by atoms with van der Waals surface area (Å²) in [6, 6.07) is 2.74. The van der Waals surface area contributed by atoms with Crippen LogP contribution in [0.3, 0.4) is 0 Å². The zero-order valence-electron chi connectivity index (χ0n) is 10.8. The summed E-state index contributed by atoms with van der Waals surface area (Å²) in [5, 5.41) is 3.22. The quantitative estimate of drug-likeness (QED) is 0.589. The third kappa shape index (κ3) is 5.10. The number of unbranched alkanes of at least 4 members (excludes halogenated alkanes) is 1. The number of benzene rings is 1. The molecule has 0 atom stereocenters. The third-order valence-corrected chi connectivity index (χ3v) is 2.72. The molecule has 0 bridgehead atoms. The summed E-state index contributed by atoms with van der Waals surface area (Å²) in [7, 11) is 0. The van der Waals surface area contributed by atoms with Crippen LogP contribution in [-0.2, 0) is 4.74 Å². The molecule has 3 N–H and O–H groups in total. The summed E-state index contributed by atoms with van der Waals surface area (Å²) in [5.41, 5.74) is 6.73. The molecule has 5 heteroatoms. The second kappa shape index (κ2) is 7.44. The van der Waals surface area contributed by atoms with E-state index in [2.05, 4.69) is 5.32 Å². The van der Waals surface area contributed by atoms with Crippen molar-refractivity contribution in [2.45, 2.75) is 32.8 Å². The van der Waals surface area contributed by atoms with Crippen molar-refractivity contribution in [1.82, 2.24) is 0 Å². The molecule has 0 aliphatic rings. The van der Waals surface area contributed by atoms with E-state index in [1.807, 2.05) is 13.8 Å². The van der Waals surface area contributed by atoms with Crippen LogP contribution in [0.5, 0.6) is 0 Å². The van der Waals surface area contributed by atoms with Crippen molar-refractivity contribution in [3.8, 4) is 0 Å². The molecule has 3 nitrogen and oxygen atoms in total. The van der Waals surface area contributed by atoms with Crippen LogP contribution in [0.4, 0.5) is 15.8 Å². The molecule has 102 valence electrons. The predicted molar refractivity (Wildman–Crippen MR) is 74.6 cm³/mol. The monoisotopic (exact) mass is 274 g/mol. The normalized spacial score (nSPS) is 10.9. The molecule has 0 radical (unpaired) electrons. The highest BCUT2D eigenvalue weighted by Gasteiger charge is 2.05. The minimum atomic E-state index is -0.495. The van der Waals surface area contributed by atoms with Gasteiger partial charge in [0, 0.05) is 19.2 Å². The van der Waals surface area contributed by atoms with Crippen LogP contribution in [0.2, 0.25) is 5.02 Å². The van der Waals surface area contributed by atoms with E-state index >= 15 is 0 Å². The van der Waals surface area contributed by atoms with Crippen molar-refractivity contribution < 1.29 is 9.13 Å². The number of hydrogen-bond acceptors (Lipinski definition) is 3. The van der Waals surface area contributed by atoms with Crippen LogP contribution in [0.1, 0.15) is 26.7 Å². The van der Waals surface area contributed by atoms with Crippen molar-refractivity contribution >= 4 is 23.0 Å². The van der Waals surface area contributed by atoms with E-state index in [0.29, 0.717) is 11.4 Å². The molecule has 0 amide bonds. The van der Waals surface area contributed by atoms with E-state index in [-0.39, 0.29) is 11.1 Å². The number of nitrogens with two attached hydrogens (primary N) is 1. The molecular weight excluding hydrogens is 255 g/mol. The van der Waals surface area contributed by atoms with Gasteiger partial charge in [0.2, 0.25) is 0 Å². The molecule has 0 fully saturated rings. The fourth-order valence-corrected chi connectivity index (χ4v) is 1.65. The zero-order chi connectivity index (χ0) is 13.5. The summed E-state index contributed by atoms with van der Waals surface area (Å²) in [6.45, 7) is 5.53. The number of halogens is 2. The molecule has 1 aromatic rings. The van der Waals surface area contributed by atoms with Crippen molar-refractivity contribution in [2.75, 3.05) is 24.2 Å². The lowest BCUT2D eigenvalue weighted by molar-refractivity contribution is 0.0765. The minimum absolute atomic E-state index is 0.0786. The Hall–Kier alpha value is -1.00. The van der Waals surface area contributed by atoms with Crippen LogP contribution in [0.15, 0.2) is 12.1 Å². The van der Waals surface area contributed by atoms with Crippen molar-refractivity contribution in [2.24, 2.45) is 0 Å². The molecule has 0 aliphatic heterocycles. The first-order valence-electron chi connectivity index (χ1n) is 6.10. The van der Waals surface area contributed by atoms with Gasteiger partial charge in [0.1, 0.15) is 5.82 Å². The average molecular weight is 275 g/mol. The Bertz CT molecular complexity index is 385. The first kappa shape index (κ1) is 15.1. The van der Waals surface area contributed by atoms with Gasteiger partial charge in [0.25, 0.3) is 0 Å². The fourth-order valence-electron chi connectivity index (χ4n) is 1.48. The van der Waals surface area contributed by atoms with Gasteiger partial charge in [0.15, 0.2) is 0 Å². The Labute approximate surface area is 112 Å².